The molecule has 2 amide bonds. The molecule has 4 aromatic carbocycles. The summed E-state index contributed by atoms with van der Waals surface area (Å²) in [5.74, 6) is 0.768. The summed E-state index contributed by atoms with van der Waals surface area (Å²) >= 11 is 6.15. The maximum Gasteiger partial charge on any atom is 0.262 e. The Labute approximate surface area is 473 Å². The van der Waals surface area contributed by atoms with E-state index in [-0.39, 0.29) is 34.9 Å². The summed E-state index contributed by atoms with van der Waals surface area (Å²) in [5, 5.41) is 36.6. The number of amides is 2. The number of rotatable bonds is 23. The zero-order valence-corrected chi connectivity index (χ0v) is 47.6. The third kappa shape index (κ3) is 21.4. The van der Waals surface area contributed by atoms with E-state index in [2.05, 4.69) is 51.0 Å². The SMILES string of the molecule is C=Nc1c(Cl)cccc1/C=C\C/C=C(\C#N)C(=O)NC(CCC)c1ccc(OCCN2CCOCC2)cc1.CC.CC.CCCC(NC(=O)/C(C#N)=C/c1ccc2cccc(O)c2n1)c1ccc(OCCN2CCOCC2)cc1. The molecule has 0 saturated carbocycles. The third-order valence-electron chi connectivity index (χ3n) is 12.6. The smallest absolute Gasteiger partial charge is 0.262 e. The molecule has 0 spiro atoms. The van der Waals surface area contributed by atoms with Crippen molar-refractivity contribution in [2.45, 2.75) is 85.7 Å². The Bertz CT molecular complexity index is 2830. The number of hydrogen-bond donors (Lipinski definition) is 3. The number of para-hydroxylation sites is 2. The molecule has 2 aliphatic rings. The van der Waals surface area contributed by atoms with Crippen molar-refractivity contribution in [3.05, 3.63) is 148 Å². The van der Waals surface area contributed by atoms with Crippen molar-refractivity contribution in [3.8, 4) is 29.4 Å². The van der Waals surface area contributed by atoms with Crippen molar-refractivity contribution in [2.75, 3.05) is 78.9 Å². The molecule has 15 nitrogen and oxygen atoms in total. The average molecular weight is 1100 g/mol. The number of morpholine rings is 2. The summed E-state index contributed by atoms with van der Waals surface area (Å²) in [6.07, 6.45) is 10.4. The number of phenolic OH excluding ortho intramolecular Hbond substituents is 1. The number of carbonyl (C=O) groups is 2. The lowest BCUT2D eigenvalue weighted by molar-refractivity contribution is -0.118. The third-order valence-corrected chi connectivity index (χ3v) is 12.9. The number of halogens is 1. The molecule has 1 aromatic heterocycles. The number of fused-ring (bicyclic) bond motifs is 1. The standard InChI is InChI=1S/C30H35ClN4O3.C29H32N4O4.2C2H6/c1-3-7-28(23-12-14-26(15-13-23)38-21-18-35-16-19-37-20-17-35)34-30(36)25(22-32)9-5-4-8-24-10-6-11-27(31)29(24)33-2;1-2-4-26(21-8-11-25(12-9-21)37-18-15-33-13-16-36-17-14-33)32-29(35)23(20-30)19-24-10-7-22-5-3-6-27(34)28(22)31-24;2*1-2/h4,6,8-15,28H,2-3,5,7,16-21H2,1H3,(H,34,36);3,5-12,19,26,34H,2,4,13-18H2,1H3,(H,32,35);2*1-2H3/b8-4-,25-9+;23-19+;;. The average Bonchev–Trinajstić information content (AvgIpc) is 3.49. The molecule has 0 aliphatic carbocycles. The molecule has 2 atom stereocenters. The van der Waals surface area contributed by atoms with E-state index in [1.54, 1.807) is 36.4 Å². The molecular formula is C63H79ClN8O7. The highest BCUT2D eigenvalue weighted by molar-refractivity contribution is 6.33. The van der Waals surface area contributed by atoms with Gasteiger partial charge in [0.2, 0.25) is 0 Å². The molecule has 3 N–H and O–H groups in total. The van der Waals surface area contributed by atoms with Gasteiger partial charge in [-0.15, -0.1) is 0 Å². The molecule has 2 saturated heterocycles. The lowest BCUT2D eigenvalue weighted by Crippen LogP contribution is -2.38. The van der Waals surface area contributed by atoms with Gasteiger partial charge in [0, 0.05) is 50.2 Å². The number of hydrogen-bond acceptors (Lipinski definition) is 13. The molecular weight excluding hydrogens is 1020 g/mol. The minimum Gasteiger partial charge on any atom is -0.506 e. The molecule has 420 valence electrons. The van der Waals surface area contributed by atoms with Crippen LogP contribution in [0.3, 0.4) is 0 Å². The summed E-state index contributed by atoms with van der Waals surface area (Å²) in [6, 6.07) is 33.2. The summed E-state index contributed by atoms with van der Waals surface area (Å²) < 4.78 is 22.5. The molecule has 5 aromatic rings. The van der Waals surface area contributed by atoms with Crippen LogP contribution in [0.2, 0.25) is 5.02 Å². The number of phenols is 1. The molecule has 79 heavy (non-hydrogen) atoms. The van der Waals surface area contributed by atoms with Crippen molar-refractivity contribution >= 4 is 58.9 Å². The Morgan fingerprint density at radius 2 is 1.25 bits per heavy atom. The summed E-state index contributed by atoms with van der Waals surface area (Å²) in [7, 11) is 0. The summed E-state index contributed by atoms with van der Waals surface area (Å²) in [6.45, 7) is 25.4. The van der Waals surface area contributed by atoms with Crippen molar-refractivity contribution in [1.82, 2.24) is 25.4 Å². The predicted octanol–water partition coefficient (Wildman–Crippen LogP) is 12.2. The number of nitrogens with zero attached hydrogens (tertiary/aromatic N) is 6. The first-order valence-electron chi connectivity index (χ1n) is 27.5. The van der Waals surface area contributed by atoms with E-state index in [1.165, 1.54) is 6.08 Å². The van der Waals surface area contributed by atoms with Crippen LogP contribution >= 0.6 is 11.6 Å². The van der Waals surface area contributed by atoms with Gasteiger partial charge in [-0.25, -0.2) is 4.98 Å². The topological polar surface area (TPSA) is 195 Å². The van der Waals surface area contributed by atoms with Crippen molar-refractivity contribution < 1.29 is 33.6 Å². The molecule has 7 rings (SSSR count). The molecule has 2 fully saturated rings. The monoisotopic (exact) mass is 1090 g/mol. The van der Waals surface area contributed by atoms with Crippen LogP contribution in [-0.2, 0) is 19.1 Å². The van der Waals surface area contributed by atoms with Gasteiger partial charge in [0.1, 0.15) is 59.3 Å². The number of ether oxygens (including phenoxy) is 4. The molecule has 3 heterocycles. The highest BCUT2D eigenvalue weighted by Crippen LogP contribution is 2.30. The van der Waals surface area contributed by atoms with Crippen LogP contribution in [0.15, 0.2) is 125 Å². The van der Waals surface area contributed by atoms with Crippen molar-refractivity contribution in [2.24, 2.45) is 4.99 Å². The van der Waals surface area contributed by atoms with Gasteiger partial charge >= 0.3 is 0 Å². The van der Waals surface area contributed by atoms with Gasteiger partial charge < -0.3 is 34.7 Å². The second-order valence-electron chi connectivity index (χ2n) is 17.8. The number of aliphatic imine (C=N–C) groups is 1. The van der Waals surface area contributed by atoms with Crippen molar-refractivity contribution in [1.29, 1.82) is 10.5 Å². The number of allylic oxidation sites excluding steroid dienone is 2. The maximum atomic E-state index is 13.0. The van der Waals surface area contributed by atoms with E-state index < -0.39 is 5.91 Å². The van der Waals surface area contributed by atoms with Gasteiger partial charge in [0.15, 0.2) is 0 Å². The predicted molar refractivity (Wildman–Crippen MR) is 318 cm³/mol. The lowest BCUT2D eigenvalue weighted by atomic mass is 10.0. The number of aromatic hydroxyl groups is 1. The van der Waals surface area contributed by atoms with Gasteiger partial charge in [-0.2, -0.15) is 10.5 Å². The van der Waals surface area contributed by atoms with E-state index in [0.717, 1.165) is 125 Å². The van der Waals surface area contributed by atoms with E-state index in [4.69, 9.17) is 30.5 Å². The highest BCUT2D eigenvalue weighted by Gasteiger charge is 2.20. The second-order valence-corrected chi connectivity index (χ2v) is 18.2. The van der Waals surface area contributed by atoms with Crippen LogP contribution in [0.5, 0.6) is 17.2 Å². The molecule has 0 bridgehead atoms. The van der Waals surface area contributed by atoms with Crippen LogP contribution in [0.1, 0.15) is 108 Å². The number of nitrogens with one attached hydrogen (secondary N) is 2. The molecule has 16 heteroatoms. The minimum atomic E-state index is -0.467. The van der Waals surface area contributed by atoms with Crippen LogP contribution in [0, 0.1) is 22.7 Å². The second kappa shape index (κ2) is 36.7. The van der Waals surface area contributed by atoms with E-state index >= 15 is 0 Å². The van der Waals surface area contributed by atoms with E-state index in [0.29, 0.717) is 41.6 Å². The maximum absolute atomic E-state index is 13.0. The van der Waals surface area contributed by atoms with E-state index in [9.17, 15) is 25.2 Å². The normalized spacial score (nSPS) is 14.5. The Balaban J connectivity index is 0.000000320. The fourth-order valence-corrected chi connectivity index (χ4v) is 8.69. The number of carbonyl (C=O) groups excluding carboxylic acids is 2. The first kappa shape index (κ1) is 64.2. The fourth-order valence-electron chi connectivity index (χ4n) is 8.45. The zero-order chi connectivity index (χ0) is 57.2. The Kier molecular flexibility index (Phi) is 29.8. The largest absolute Gasteiger partial charge is 0.506 e. The number of nitriles is 2. The van der Waals surface area contributed by atoms with Gasteiger partial charge in [-0.3, -0.25) is 24.4 Å². The quantitative estimate of drug-likeness (QED) is 0.0319. The highest BCUT2D eigenvalue weighted by atomic mass is 35.5. The zero-order valence-electron chi connectivity index (χ0n) is 46.9. The van der Waals surface area contributed by atoms with Gasteiger partial charge in [0.05, 0.1) is 54.9 Å². The first-order valence-corrected chi connectivity index (χ1v) is 27.9. The number of pyridine rings is 1. The fraction of sp³-hybridized carbons (Fsp3) is 0.397. The molecule has 0 radical (unpaired) electrons. The Morgan fingerprint density at radius 3 is 1.75 bits per heavy atom. The number of benzene rings is 4. The lowest BCUT2D eigenvalue weighted by Gasteiger charge is -2.26. The van der Waals surface area contributed by atoms with Crippen molar-refractivity contribution in [3.63, 3.8) is 0 Å². The van der Waals surface area contributed by atoms with Crippen LogP contribution in [-0.4, -0.2) is 117 Å². The van der Waals surface area contributed by atoms with E-state index in [1.807, 2.05) is 119 Å². The van der Waals surface area contributed by atoms with Gasteiger partial charge in [0.25, 0.3) is 11.8 Å². The Hall–Kier alpha value is -7.37. The summed E-state index contributed by atoms with van der Waals surface area (Å²) in [4.78, 5) is 38.9. The summed E-state index contributed by atoms with van der Waals surface area (Å²) in [5.41, 5.74) is 4.21. The first-order chi connectivity index (χ1) is 38.6. The van der Waals surface area contributed by atoms with Gasteiger partial charge in [-0.1, -0.05) is 139 Å². The minimum absolute atomic E-state index is 0.0484. The Morgan fingerprint density at radius 1 is 0.747 bits per heavy atom. The molecule has 2 aliphatic heterocycles. The number of aromatic nitrogens is 1. The van der Waals surface area contributed by atoms with Crippen LogP contribution < -0.4 is 20.1 Å². The van der Waals surface area contributed by atoms with Crippen LogP contribution in [0.4, 0.5) is 5.69 Å². The van der Waals surface area contributed by atoms with Gasteiger partial charge in [-0.05, 0) is 85.6 Å². The van der Waals surface area contributed by atoms with Crippen LogP contribution in [0.25, 0.3) is 23.1 Å². The molecule has 2 unspecified atom stereocenters.